The average Bonchev–Trinajstić information content (AvgIpc) is 2.88. The van der Waals surface area contributed by atoms with E-state index in [1.54, 1.807) is 38.2 Å². The van der Waals surface area contributed by atoms with Gasteiger partial charge in [0.25, 0.3) is 0 Å². The van der Waals surface area contributed by atoms with Gasteiger partial charge in [0.15, 0.2) is 0 Å². The molecule has 0 saturated heterocycles. The molecule has 0 bridgehead atoms. The number of anilines is 1. The Bertz CT molecular complexity index is 800. The van der Waals surface area contributed by atoms with Gasteiger partial charge in [-0.2, -0.15) is 5.10 Å². The molecule has 2 aromatic rings. The molecule has 0 unspecified atom stereocenters. The molecule has 1 amide bonds. The normalized spacial score (nSPS) is 10.8. The molecule has 0 radical (unpaired) electrons. The number of halogens is 2. The number of amides is 1. The summed E-state index contributed by atoms with van der Waals surface area (Å²) in [4.78, 5) is 23.9. The number of carbonyl (C=O) groups excluding carboxylic acids is 2. The van der Waals surface area contributed by atoms with Crippen LogP contribution >= 0.6 is 23.2 Å². The molecule has 0 aliphatic heterocycles. The van der Waals surface area contributed by atoms with E-state index in [0.29, 0.717) is 15.6 Å². The number of nitrogens with zero attached hydrogens (tertiary/aromatic N) is 2. The van der Waals surface area contributed by atoms with Gasteiger partial charge in [-0.15, -0.1) is 0 Å². The third-order valence-corrected chi connectivity index (χ3v) is 3.61. The summed E-state index contributed by atoms with van der Waals surface area (Å²) in [5, 5.41) is 7.50. The molecule has 2 rings (SSSR count). The largest absolute Gasteiger partial charge is 0.462 e. The van der Waals surface area contributed by atoms with Gasteiger partial charge in [-0.25, -0.2) is 4.79 Å². The molecule has 1 aromatic heterocycles. The average molecular weight is 368 g/mol. The van der Waals surface area contributed by atoms with Crippen molar-refractivity contribution in [3.05, 3.63) is 51.6 Å². The molecule has 1 N–H and O–H groups in total. The molecule has 24 heavy (non-hydrogen) atoms. The molecule has 6 nitrogen and oxygen atoms in total. The molecule has 0 saturated carbocycles. The van der Waals surface area contributed by atoms with Crippen molar-refractivity contribution in [1.82, 2.24) is 9.78 Å². The molecule has 0 fully saturated rings. The van der Waals surface area contributed by atoms with Crippen LogP contribution in [0.2, 0.25) is 10.0 Å². The second-order valence-electron chi connectivity index (χ2n) is 4.74. The number of hydrogen-bond donors (Lipinski definition) is 1. The lowest BCUT2D eigenvalue weighted by Gasteiger charge is -2.06. The van der Waals surface area contributed by atoms with E-state index < -0.39 is 11.9 Å². The lowest BCUT2D eigenvalue weighted by atomic mass is 10.2. The number of ether oxygens (including phenoxy) is 1. The molecule has 126 valence electrons. The minimum absolute atomic E-state index is 0.186. The van der Waals surface area contributed by atoms with Crippen molar-refractivity contribution in [1.29, 1.82) is 0 Å². The Labute approximate surface area is 149 Å². The summed E-state index contributed by atoms with van der Waals surface area (Å²) < 4.78 is 6.31. The third kappa shape index (κ3) is 4.37. The predicted octanol–water partition coefficient (Wildman–Crippen LogP) is 3.56. The quantitative estimate of drug-likeness (QED) is 0.647. The van der Waals surface area contributed by atoms with Gasteiger partial charge in [-0.3, -0.25) is 9.48 Å². The number of hydrogen-bond acceptors (Lipinski definition) is 4. The summed E-state index contributed by atoms with van der Waals surface area (Å²) in [6.07, 6.45) is 4.19. The maximum Gasteiger partial charge on any atom is 0.343 e. The summed E-state index contributed by atoms with van der Waals surface area (Å²) in [7, 11) is 1.61. The molecule has 0 spiro atoms. The second-order valence-corrected chi connectivity index (χ2v) is 5.58. The minimum atomic E-state index is -0.550. The third-order valence-electron chi connectivity index (χ3n) is 3.05. The van der Waals surface area contributed by atoms with Crippen molar-refractivity contribution in [3.63, 3.8) is 0 Å². The van der Waals surface area contributed by atoms with Crippen molar-refractivity contribution in [2.45, 2.75) is 6.92 Å². The van der Waals surface area contributed by atoms with Crippen LogP contribution in [0.5, 0.6) is 0 Å². The van der Waals surface area contributed by atoms with Crippen LogP contribution in [0, 0.1) is 0 Å². The number of aromatic nitrogens is 2. The van der Waals surface area contributed by atoms with Crippen LogP contribution in [0.25, 0.3) is 6.08 Å². The first kappa shape index (κ1) is 18.0. The fraction of sp³-hybridized carbons (Fsp3) is 0.188. The topological polar surface area (TPSA) is 73.2 Å². The van der Waals surface area contributed by atoms with Crippen LogP contribution in [-0.4, -0.2) is 28.3 Å². The molecular weight excluding hydrogens is 353 g/mol. The van der Waals surface area contributed by atoms with E-state index in [4.69, 9.17) is 27.9 Å². The van der Waals surface area contributed by atoms with Crippen molar-refractivity contribution < 1.29 is 14.3 Å². The number of carbonyl (C=O) groups is 2. The van der Waals surface area contributed by atoms with E-state index in [1.807, 2.05) is 0 Å². The van der Waals surface area contributed by atoms with E-state index in [9.17, 15) is 9.59 Å². The van der Waals surface area contributed by atoms with Crippen molar-refractivity contribution >= 4 is 47.0 Å². The van der Waals surface area contributed by atoms with Crippen LogP contribution < -0.4 is 5.32 Å². The van der Waals surface area contributed by atoms with Crippen molar-refractivity contribution in [2.24, 2.45) is 7.05 Å². The van der Waals surface area contributed by atoms with Crippen molar-refractivity contribution in [2.75, 3.05) is 11.9 Å². The van der Waals surface area contributed by atoms with Gasteiger partial charge in [0.1, 0.15) is 11.4 Å². The second kappa shape index (κ2) is 7.99. The lowest BCUT2D eigenvalue weighted by Crippen LogP contribution is -2.15. The minimum Gasteiger partial charge on any atom is -0.462 e. The Morgan fingerprint density at radius 1 is 1.38 bits per heavy atom. The van der Waals surface area contributed by atoms with E-state index in [-0.39, 0.29) is 18.0 Å². The van der Waals surface area contributed by atoms with Gasteiger partial charge >= 0.3 is 5.97 Å². The van der Waals surface area contributed by atoms with Gasteiger partial charge in [-0.05, 0) is 30.7 Å². The molecule has 0 aliphatic rings. The van der Waals surface area contributed by atoms with Gasteiger partial charge < -0.3 is 10.1 Å². The van der Waals surface area contributed by atoms with Crippen LogP contribution in [-0.2, 0) is 16.6 Å². The number of benzene rings is 1. The zero-order chi connectivity index (χ0) is 17.7. The molecule has 1 aromatic carbocycles. The first-order valence-corrected chi connectivity index (χ1v) is 7.81. The van der Waals surface area contributed by atoms with Crippen LogP contribution in [0.4, 0.5) is 5.82 Å². The first-order chi connectivity index (χ1) is 11.4. The van der Waals surface area contributed by atoms with Crippen LogP contribution in [0.15, 0.2) is 30.5 Å². The number of aryl methyl sites for hydroxylation is 1. The fourth-order valence-electron chi connectivity index (χ4n) is 1.90. The Morgan fingerprint density at radius 3 is 2.79 bits per heavy atom. The molecule has 0 aliphatic carbocycles. The maximum atomic E-state index is 12.1. The number of esters is 1. The Balaban J connectivity index is 2.14. The fourth-order valence-corrected chi connectivity index (χ4v) is 2.38. The number of rotatable bonds is 5. The maximum absolute atomic E-state index is 12.1. The Morgan fingerprint density at radius 2 is 2.12 bits per heavy atom. The molecule has 8 heteroatoms. The monoisotopic (exact) mass is 367 g/mol. The Kier molecular flexibility index (Phi) is 6.00. The first-order valence-electron chi connectivity index (χ1n) is 7.05. The summed E-state index contributed by atoms with van der Waals surface area (Å²) >= 11 is 11.9. The summed E-state index contributed by atoms with van der Waals surface area (Å²) in [5.41, 5.74) is 0.831. The van der Waals surface area contributed by atoms with E-state index >= 15 is 0 Å². The zero-order valence-electron chi connectivity index (χ0n) is 13.0. The summed E-state index contributed by atoms with van der Waals surface area (Å²) in [6.45, 7) is 1.93. The molecule has 1 heterocycles. The van der Waals surface area contributed by atoms with Gasteiger partial charge in [0.2, 0.25) is 5.91 Å². The Hall–Kier alpha value is -2.31. The zero-order valence-corrected chi connectivity index (χ0v) is 14.6. The van der Waals surface area contributed by atoms with Gasteiger partial charge in [-0.1, -0.05) is 29.3 Å². The van der Waals surface area contributed by atoms with Crippen molar-refractivity contribution in [3.8, 4) is 0 Å². The lowest BCUT2D eigenvalue weighted by molar-refractivity contribution is -0.111. The highest BCUT2D eigenvalue weighted by Gasteiger charge is 2.18. The standard InChI is InChI=1S/C16H15Cl2N3O3/c1-3-24-16(23)12-9-19-21(2)15(12)20-14(22)7-5-10-4-6-11(17)8-13(10)18/h4-9H,3H2,1-2H3,(H,20,22)/b7-5+. The highest BCUT2D eigenvalue weighted by molar-refractivity contribution is 6.35. The van der Waals surface area contributed by atoms with Crippen LogP contribution in [0.1, 0.15) is 22.8 Å². The predicted molar refractivity (Wildman–Crippen MR) is 93.3 cm³/mol. The van der Waals surface area contributed by atoms with Gasteiger partial charge in [0, 0.05) is 23.2 Å². The highest BCUT2D eigenvalue weighted by atomic mass is 35.5. The van der Waals surface area contributed by atoms with E-state index in [2.05, 4.69) is 10.4 Å². The smallest absolute Gasteiger partial charge is 0.343 e. The highest BCUT2D eigenvalue weighted by Crippen LogP contribution is 2.22. The molecular formula is C16H15Cl2N3O3. The summed E-state index contributed by atoms with van der Waals surface area (Å²) in [6, 6.07) is 4.95. The van der Waals surface area contributed by atoms with E-state index in [1.165, 1.54) is 17.0 Å². The van der Waals surface area contributed by atoms with E-state index in [0.717, 1.165) is 0 Å². The summed E-state index contributed by atoms with van der Waals surface area (Å²) in [5.74, 6) is -0.730. The SMILES string of the molecule is CCOC(=O)c1cnn(C)c1NC(=O)/C=C/c1ccc(Cl)cc1Cl. The molecule has 0 atom stereocenters. The van der Waals surface area contributed by atoms with Gasteiger partial charge in [0.05, 0.1) is 12.8 Å². The van der Waals surface area contributed by atoms with Crippen LogP contribution in [0.3, 0.4) is 0 Å². The number of nitrogens with one attached hydrogen (secondary N) is 1.